The quantitative estimate of drug-likeness (QED) is 0.425. The minimum absolute atomic E-state index is 0.0562. The SMILES string of the molecule is O=C(NC1CCOCC1)c1ccc(-c2ccc(-c3nc4nc(O)[nH]c4cc3Cl)cc2)cc1. The second-order valence-corrected chi connectivity index (χ2v) is 8.17. The molecule has 4 aromatic rings. The van der Waals surface area contributed by atoms with E-state index in [1.807, 2.05) is 48.5 Å². The van der Waals surface area contributed by atoms with E-state index in [0.29, 0.717) is 40.7 Å². The molecule has 1 fully saturated rings. The minimum Gasteiger partial charge on any atom is -0.480 e. The van der Waals surface area contributed by atoms with Crippen molar-refractivity contribution in [3.05, 3.63) is 65.2 Å². The number of carbonyl (C=O) groups is 1. The molecule has 1 aliphatic rings. The fourth-order valence-electron chi connectivity index (χ4n) is 3.85. The number of imidazole rings is 1. The molecular formula is C24H21ClN4O3. The van der Waals surface area contributed by atoms with Crippen LogP contribution in [0.3, 0.4) is 0 Å². The number of benzene rings is 2. The van der Waals surface area contributed by atoms with Crippen molar-refractivity contribution in [3.63, 3.8) is 0 Å². The van der Waals surface area contributed by atoms with Gasteiger partial charge in [0.2, 0.25) is 0 Å². The van der Waals surface area contributed by atoms with Crippen LogP contribution in [0.4, 0.5) is 0 Å². The molecule has 5 rings (SSSR count). The number of rotatable bonds is 4. The summed E-state index contributed by atoms with van der Waals surface area (Å²) in [6.07, 6.45) is 1.70. The standard InChI is InChI=1S/C24H21ClN4O3/c25-19-13-20-22(29-24(31)27-20)28-21(19)16-5-1-14(2-6-16)15-3-7-17(8-4-15)23(30)26-18-9-11-32-12-10-18/h1-8,13,18H,9-12H2,(H,26,30)(H2,27,28,29,31). The molecule has 3 N–H and O–H groups in total. The van der Waals surface area contributed by atoms with E-state index >= 15 is 0 Å². The molecule has 2 aromatic carbocycles. The number of nitrogens with zero attached hydrogens (tertiary/aromatic N) is 2. The highest BCUT2D eigenvalue weighted by Crippen LogP contribution is 2.31. The van der Waals surface area contributed by atoms with Gasteiger partial charge in [0.05, 0.1) is 16.2 Å². The number of hydrogen-bond donors (Lipinski definition) is 3. The van der Waals surface area contributed by atoms with Gasteiger partial charge in [0.15, 0.2) is 5.65 Å². The third kappa shape index (κ3) is 4.17. The normalized spacial score (nSPS) is 14.5. The Morgan fingerprint density at radius 1 is 1.00 bits per heavy atom. The maximum Gasteiger partial charge on any atom is 0.293 e. The van der Waals surface area contributed by atoms with Crippen LogP contribution in [0.25, 0.3) is 33.5 Å². The van der Waals surface area contributed by atoms with E-state index in [-0.39, 0.29) is 18.0 Å². The van der Waals surface area contributed by atoms with Gasteiger partial charge in [0.25, 0.3) is 11.9 Å². The van der Waals surface area contributed by atoms with E-state index in [4.69, 9.17) is 16.3 Å². The van der Waals surface area contributed by atoms with Crippen LogP contribution in [0.1, 0.15) is 23.2 Å². The van der Waals surface area contributed by atoms with Crippen LogP contribution in [0.15, 0.2) is 54.6 Å². The Morgan fingerprint density at radius 3 is 2.31 bits per heavy atom. The summed E-state index contributed by atoms with van der Waals surface area (Å²) in [6, 6.07) is 17.1. The van der Waals surface area contributed by atoms with Gasteiger partial charge in [0.1, 0.15) is 0 Å². The zero-order valence-corrected chi connectivity index (χ0v) is 17.9. The number of ether oxygens (including phenoxy) is 1. The van der Waals surface area contributed by atoms with Crippen LogP contribution < -0.4 is 5.32 Å². The molecule has 1 saturated heterocycles. The summed E-state index contributed by atoms with van der Waals surface area (Å²) >= 11 is 6.38. The zero-order valence-electron chi connectivity index (χ0n) is 17.1. The molecule has 7 nitrogen and oxygen atoms in total. The first-order valence-corrected chi connectivity index (χ1v) is 10.8. The first-order chi connectivity index (χ1) is 15.6. The molecule has 0 bridgehead atoms. The highest BCUT2D eigenvalue weighted by atomic mass is 35.5. The van der Waals surface area contributed by atoms with Crippen molar-refractivity contribution < 1.29 is 14.6 Å². The molecule has 3 heterocycles. The number of aromatic amines is 1. The van der Waals surface area contributed by atoms with E-state index in [0.717, 1.165) is 29.5 Å². The van der Waals surface area contributed by atoms with Gasteiger partial charge in [-0.15, -0.1) is 0 Å². The fraction of sp³-hybridized carbons (Fsp3) is 0.208. The van der Waals surface area contributed by atoms with E-state index in [1.165, 1.54) is 0 Å². The second-order valence-electron chi connectivity index (χ2n) is 7.77. The Labute approximate surface area is 189 Å². The number of hydrogen-bond acceptors (Lipinski definition) is 5. The Bertz CT molecular complexity index is 1260. The Kier molecular flexibility index (Phi) is 5.51. The number of aromatic nitrogens is 3. The molecule has 0 unspecified atom stereocenters. The maximum absolute atomic E-state index is 12.5. The van der Waals surface area contributed by atoms with Gasteiger partial charge in [-0.2, -0.15) is 4.98 Å². The lowest BCUT2D eigenvalue weighted by molar-refractivity contribution is 0.0696. The van der Waals surface area contributed by atoms with E-state index < -0.39 is 0 Å². The summed E-state index contributed by atoms with van der Waals surface area (Å²) in [5.41, 5.74) is 5.08. The number of carbonyl (C=O) groups excluding carboxylic acids is 1. The van der Waals surface area contributed by atoms with E-state index in [1.54, 1.807) is 6.07 Å². The number of halogens is 1. The molecule has 32 heavy (non-hydrogen) atoms. The van der Waals surface area contributed by atoms with E-state index in [2.05, 4.69) is 20.3 Å². The van der Waals surface area contributed by atoms with Crippen LogP contribution in [0.5, 0.6) is 6.01 Å². The molecule has 0 radical (unpaired) electrons. The molecule has 0 atom stereocenters. The molecule has 0 spiro atoms. The van der Waals surface area contributed by atoms with Gasteiger partial charge < -0.3 is 20.1 Å². The van der Waals surface area contributed by atoms with Gasteiger partial charge in [-0.05, 0) is 42.2 Å². The molecule has 1 amide bonds. The minimum atomic E-state index is -0.194. The van der Waals surface area contributed by atoms with Crippen LogP contribution in [-0.2, 0) is 4.74 Å². The lowest BCUT2D eigenvalue weighted by Gasteiger charge is -2.23. The lowest BCUT2D eigenvalue weighted by Crippen LogP contribution is -2.38. The van der Waals surface area contributed by atoms with Crippen molar-refractivity contribution in [2.45, 2.75) is 18.9 Å². The highest BCUT2D eigenvalue weighted by molar-refractivity contribution is 6.33. The molecule has 0 aliphatic carbocycles. The molecular weight excluding hydrogens is 428 g/mol. The van der Waals surface area contributed by atoms with Gasteiger partial charge in [0, 0.05) is 30.4 Å². The summed E-state index contributed by atoms with van der Waals surface area (Å²) < 4.78 is 5.34. The molecule has 2 aromatic heterocycles. The summed E-state index contributed by atoms with van der Waals surface area (Å²) in [5.74, 6) is -0.0562. The Hall–Kier alpha value is -3.42. The van der Waals surface area contributed by atoms with Crippen molar-refractivity contribution in [2.24, 2.45) is 0 Å². The number of fused-ring (bicyclic) bond motifs is 1. The summed E-state index contributed by atoms with van der Waals surface area (Å²) in [7, 11) is 0. The van der Waals surface area contributed by atoms with E-state index in [9.17, 15) is 9.90 Å². The van der Waals surface area contributed by atoms with Crippen molar-refractivity contribution in [1.82, 2.24) is 20.3 Å². The predicted molar refractivity (Wildman–Crippen MR) is 123 cm³/mol. The summed E-state index contributed by atoms with van der Waals surface area (Å²) in [4.78, 5) is 23.6. The number of H-pyrrole nitrogens is 1. The van der Waals surface area contributed by atoms with Crippen LogP contribution in [0.2, 0.25) is 5.02 Å². The third-order valence-electron chi connectivity index (χ3n) is 5.61. The topological polar surface area (TPSA) is 100 Å². The molecule has 0 saturated carbocycles. The fourth-order valence-corrected chi connectivity index (χ4v) is 4.11. The Balaban J connectivity index is 1.33. The summed E-state index contributed by atoms with van der Waals surface area (Å²) in [6.45, 7) is 1.39. The number of aromatic hydroxyl groups is 1. The zero-order chi connectivity index (χ0) is 22.1. The number of amides is 1. The highest BCUT2D eigenvalue weighted by Gasteiger charge is 2.17. The first-order valence-electron chi connectivity index (χ1n) is 10.4. The molecule has 162 valence electrons. The third-order valence-corrected chi connectivity index (χ3v) is 5.90. The average Bonchev–Trinajstić information content (AvgIpc) is 3.18. The van der Waals surface area contributed by atoms with Crippen molar-refractivity contribution in [1.29, 1.82) is 0 Å². The molecule has 1 aliphatic heterocycles. The average molecular weight is 449 g/mol. The van der Waals surface area contributed by atoms with Crippen molar-refractivity contribution >= 4 is 28.7 Å². The summed E-state index contributed by atoms with van der Waals surface area (Å²) in [5, 5.41) is 13.1. The Morgan fingerprint density at radius 2 is 1.62 bits per heavy atom. The van der Waals surface area contributed by atoms with Crippen LogP contribution >= 0.6 is 11.6 Å². The largest absolute Gasteiger partial charge is 0.480 e. The maximum atomic E-state index is 12.5. The molecule has 8 heteroatoms. The monoisotopic (exact) mass is 448 g/mol. The van der Waals surface area contributed by atoms with Gasteiger partial charge >= 0.3 is 0 Å². The van der Waals surface area contributed by atoms with Crippen LogP contribution in [-0.4, -0.2) is 45.2 Å². The van der Waals surface area contributed by atoms with Crippen molar-refractivity contribution in [2.75, 3.05) is 13.2 Å². The smallest absolute Gasteiger partial charge is 0.293 e. The van der Waals surface area contributed by atoms with Crippen molar-refractivity contribution in [3.8, 4) is 28.4 Å². The van der Waals surface area contributed by atoms with Crippen LogP contribution in [0, 0.1) is 0 Å². The van der Waals surface area contributed by atoms with Gasteiger partial charge in [-0.1, -0.05) is 48.0 Å². The number of pyridine rings is 1. The number of nitrogens with one attached hydrogen (secondary N) is 2. The second kappa shape index (κ2) is 8.61. The first kappa shape index (κ1) is 20.5. The lowest BCUT2D eigenvalue weighted by atomic mass is 10.0. The van der Waals surface area contributed by atoms with Gasteiger partial charge in [-0.3, -0.25) is 4.79 Å². The predicted octanol–water partition coefficient (Wildman–Crippen LogP) is 4.56. The van der Waals surface area contributed by atoms with Gasteiger partial charge in [-0.25, -0.2) is 4.98 Å².